The maximum atomic E-state index is 9.50. The third-order valence-corrected chi connectivity index (χ3v) is 2.52. The lowest BCUT2D eigenvalue weighted by Gasteiger charge is -2.22. The van der Waals surface area contributed by atoms with E-state index in [-0.39, 0.29) is 5.50 Å². The summed E-state index contributed by atoms with van der Waals surface area (Å²) >= 11 is 5.98. The predicted molar refractivity (Wildman–Crippen MR) is 48.4 cm³/mol. The van der Waals surface area contributed by atoms with E-state index in [0.29, 0.717) is 5.75 Å². The lowest BCUT2D eigenvalue weighted by atomic mass is 10.0. The lowest BCUT2D eigenvalue weighted by Crippen LogP contribution is -2.26. The van der Waals surface area contributed by atoms with Crippen LogP contribution in [0.1, 0.15) is 16.6 Å². The van der Waals surface area contributed by atoms with Gasteiger partial charge < -0.3 is 5.11 Å². The molecule has 3 heteroatoms. The van der Waals surface area contributed by atoms with E-state index in [0.717, 1.165) is 24.1 Å². The predicted octanol–water partition coefficient (Wildman–Crippen LogP) is 1.78. The van der Waals surface area contributed by atoms with Gasteiger partial charge in [0, 0.05) is 12.1 Å². The van der Waals surface area contributed by atoms with Crippen LogP contribution in [-0.4, -0.2) is 11.7 Å². The molecule has 1 unspecified atom stereocenters. The Morgan fingerprint density at radius 3 is 3.08 bits per heavy atom. The van der Waals surface area contributed by atoms with Crippen molar-refractivity contribution in [3.8, 4) is 5.75 Å². The number of nitrogens with one attached hydrogen (secondary N) is 1. The van der Waals surface area contributed by atoms with Crippen LogP contribution in [0.4, 0.5) is 0 Å². The average Bonchev–Trinajstić information content (AvgIpc) is 2.04. The number of benzene rings is 1. The summed E-state index contributed by atoms with van der Waals surface area (Å²) in [5.41, 5.74) is 1.74. The van der Waals surface area contributed by atoms with Gasteiger partial charge in [0.2, 0.25) is 0 Å². The fourth-order valence-corrected chi connectivity index (χ4v) is 1.91. The number of rotatable bonds is 0. The monoisotopic (exact) mass is 183 g/mol. The molecule has 0 bridgehead atoms. The first-order chi connectivity index (χ1) is 5.79. The third kappa shape index (κ3) is 1.17. The number of aromatic hydroxyl groups is 1. The fraction of sp³-hybridized carbons (Fsp3) is 0.333. The zero-order chi connectivity index (χ0) is 8.55. The van der Waals surface area contributed by atoms with Crippen molar-refractivity contribution in [3.63, 3.8) is 0 Å². The van der Waals surface area contributed by atoms with Crippen LogP contribution in [-0.2, 0) is 6.42 Å². The summed E-state index contributed by atoms with van der Waals surface area (Å²) < 4.78 is 0. The fourth-order valence-electron chi connectivity index (χ4n) is 1.55. The minimum Gasteiger partial charge on any atom is -0.508 e. The summed E-state index contributed by atoms with van der Waals surface area (Å²) in [6.07, 6.45) is 0.937. The van der Waals surface area contributed by atoms with Crippen LogP contribution in [0.25, 0.3) is 0 Å². The van der Waals surface area contributed by atoms with Gasteiger partial charge in [-0.2, -0.15) is 0 Å². The maximum absolute atomic E-state index is 9.50. The Kier molecular flexibility index (Phi) is 1.95. The van der Waals surface area contributed by atoms with Gasteiger partial charge in [-0.05, 0) is 18.1 Å². The first-order valence-corrected chi connectivity index (χ1v) is 4.41. The van der Waals surface area contributed by atoms with E-state index in [1.54, 1.807) is 6.07 Å². The second-order valence-electron chi connectivity index (χ2n) is 2.92. The molecule has 0 aliphatic carbocycles. The van der Waals surface area contributed by atoms with E-state index < -0.39 is 0 Å². The number of fused-ring (bicyclic) bond motifs is 1. The average molecular weight is 184 g/mol. The topological polar surface area (TPSA) is 32.3 Å². The van der Waals surface area contributed by atoms with Gasteiger partial charge in [-0.25, -0.2) is 0 Å². The van der Waals surface area contributed by atoms with Crippen LogP contribution >= 0.6 is 11.6 Å². The Labute approximate surface area is 76.2 Å². The highest BCUT2D eigenvalue weighted by Gasteiger charge is 2.19. The summed E-state index contributed by atoms with van der Waals surface area (Å²) in [5.74, 6) is 0.291. The standard InChI is InChI=1S/C9H10ClNO/c10-9-8-6(4-5-11-9)2-1-3-7(8)12/h1-3,9,11-12H,4-5H2. The van der Waals surface area contributed by atoms with Gasteiger partial charge in [0.15, 0.2) is 0 Å². The van der Waals surface area contributed by atoms with E-state index in [1.165, 1.54) is 0 Å². The Morgan fingerprint density at radius 2 is 2.33 bits per heavy atom. The number of hydrogen-bond donors (Lipinski definition) is 2. The van der Waals surface area contributed by atoms with Gasteiger partial charge >= 0.3 is 0 Å². The summed E-state index contributed by atoms with van der Waals surface area (Å²) in [6.45, 7) is 0.880. The second kappa shape index (κ2) is 2.96. The Hall–Kier alpha value is -0.730. The van der Waals surface area contributed by atoms with E-state index >= 15 is 0 Å². The molecule has 0 amide bonds. The van der Waals surface area contributed by atoms with Crippen molar-refractivity contribution in [1.29, 1.82) is 0 Å². The van der Waals surface area contributed by atoms with Crippen LogP contribution in [0.3, 0.4) is 0 Å². The number of phenolic OH excluding ortho intramolecular Hbond substituents is 1. The van der Waals surface area contributed by atoms with E-state index in [2.05, 4.69) is 5.32 Å². The van der Waals surface area contributed by atoms with Crippen molar-refractivity contribution < 1.29 is 5.11 Å². The Bertz CT molecular complexity index is 301. The molecule has 0 spiro atoms. The Balaban J connectivity index is 2.53. The quantitative estimate of drug-likeness (QED) is 0.475. The lowest BCUT2D eigenvalue weighted by molar-refractivity contribution is 0.457. The number of phenols is 1. The van der Waals surface area contributed by atoms with Gasteiger partial charge in [0.05, 0.1) is 0 Å². The highest BCUT2D eigenvalue weighted by molar-refractivity contribution is 6.21. The van der Waals surface area contributed by atoms with Crippen molar-refractivity contribution in [2.45, 2.75) is 11.9 Å². The molecule has 1 aliphatic rings. The van der Waals surface area contributed by atoms with Crippen LogP contribution in [0, 0.1) is 0 Å². The minimum atomic E-state index is -0.241. The van der Waals surface area contributed by atoms with Crippen molar-refractivity contribution in [2.75, 3.05) is 6.54 Å². The number of halogens is 1. The molecule has 2 N–H and O–H groups in total. The zero-order valence-corrected chi connectivity index (χ0v) is 7.30. The van der Waals surface area contributed by atoms with E-state index in [9.17, 15) is 5.11 Å². The molecular weight excluding hydrogens is 174 g/mol. The SMILES string of the molecule is Oc1cccc2c1C(Cl)NCC2. The molecule has 1 aromatic carbocycles. The molecule has 0 saturated carbocycles. The molecule has 1 aromatic rings. The second-order valence-corrected chi connectivity index (χ2v) is 3.35. The summed E-state index contributed by atoms with van der Waals surface area (Å²) in [5, 5.41) is 12.6. The molecule has 0 radical (unpaired) electrons. The van der Waals surface area contributed by atoms with Gasteiger partial charge in [0.1, 0.15) is 11.3 Å². The molecule has 0 aromatic heterocycles. The normalized spacial score (nSPS) is 21.9. The molecule has 1 aliphatic heterocycles. The molecule has 1 atom stereocenters. The molecule has 64 valence electrons. The summed E-state index contributed by atoms with van der Waals surface area (Å²) in [4.78, 5) is 0. The first kappa shape index (κ1) is 7.90. The molecule has 12 heavy (non-hydrogen) atoms. The molecular formula is C9H10ClNO. The summed E-state index contributed by atoms with van der Waals surface area (Å²) in [7, 11) is 0. The zero-order valence-electron chi connectivity index (χ0n) is 6.55. The molecule has 0 fully saturated rings. The molecule has 2 rings (SSSR count). The number of hydrogen-bond acceptors (Lipinski definition) is 2. The van der Waals surface area contributed by atoms with Crippen molar-refractivity contribution in [1.82, 2.24) is 5.32 Å². The van der Waals surface area contributed by atoms with Crippen molar-refractivity contribution in [2.24, 2.45) is 0 Å². The van der Waals surface area contributed by atoms with Crippen LogP contribution < -0.4 is 5.32 Å². The third-order valence-electron chi connectivity index (χ3n) is 2.14. The van der Waals surface area contributed by atoms with Gasteiger partial charge in [-0.1, -0.05) is 12.1 Å². The summed E-state index contributed by atoms with van der Waals surface area (Å²) in [6, 6.07) is 5.52. The highest BCUT2D eigenvalue weighted by Crippen LogP contribution is 2.32. The van der Waals surface area contributed by atoms with E-state index in [4.69, 9.17) is 11.6 Å². The minimum absolute atomic E-state index is 0.241. The van der Waals surface area contributed by atoms with Crippen LogP contribution in [0.2, 0.25) is 0 Å². The van der Waals surface area contributed by atoms with Gasteiger partial charge in [0.25, 0.3) is 0 Å². The number of alkyl halides is 1. The highest BCUT2D eigenvalue weighted by atomic mass is 35.5. The largest absolute Gasteiger partial charge is 0.508 e. The molecule has 2 nitrogen and oxygen atoms in total. The van der Waals surface area contributed by atoms with E-state index in [1.807, 2.05) is 12.1 Å². The van der Waals surface area contributed by atoms with Crippen molar-refractivity contribution in [3.05, 3.63) is 29.3 Å². The molecule has 1 heterocycles. The van der Waals surface area contributed by atoms with Crippen molar-refractivity contribution >= 4 is 11.6 Å². The molecule has 0 saturated heterocycles. The smallest absolute Gasteiger partial charge is 0.121 e. The van der Waals surface area contributed by atoms with Gasteiger partial charge in [-0.15, -0.1) is 11.6 Å². The van der Waals surface area contributed by atoms with Crippen LogP contribution in [0.15, 0.2) is 18.2 Å². The maximum Gasteiger partial charge on any atom is 0.121 e. The van der Waals surface area contributed by atoms with Gasteiger partial charge in [-0.3, -0.25) is 5.32 Å². The Morgan fingerprint density at radius 1 is 1.50 bits per heavy atom. The first-order valence-electron chi connectivity index (χ1n) is 3.97. The van der Waals surface area contributed by atoms with Crippen LogP contribution in [0.5, 0.6) is 5.75 Å².